The number of pyridine rings is 1. The van der Waals surface area contributed by atoms with Crippen LogP contribution in [0.5, 0.6) is 0 Å². The summed E-state index contributed by atoms with van der Waals surface area (Å²) in [6.07, 6.45) is 3.13. The molecule has 0 saturated carbocycles. The fourth-order valence-corrected chi connectivity index (χ4v) is 3.82. The number of nitrogens with two attached hydrogens (primary N) is 1. The Balaban J connectivity index is 0.00000192. The summed E-state index contributed by atoms with van der Waals surface area (Å²) in [5.41, 5.74) is 6.12. The van der Waals surface area contributed by atoms with Crippen LogP contribution in [0, 0.1) is 5.82 Å². The summed E-state index contributed by atoms with van der Waals surface area (Å²) < 4.78 is 40.3. The zero-order chi connectivity index (χ0) is 15.7. The fourth-order valence-electron chi connectivity index (χ4n) is 2.35. The molecule has 2 N–H and O–H groups in total. The third-order valence-corrected chi connectivity index (χ3v) is 5.18. The van der Waals surface area contributed by atoms with E-state index >= 15 is 0 Å². The van der Waals surface area contributed by atoms with Gasteiger partial charge in [-0.05, 0) is 36.4 Å². The first-order chi connectivity index (χ1) is 10.5. The van der Waals surface area contributed by atoms with Crippen molar-refractivity contribution in [1.29, 1.82) is 0 Å². The van der Waals surface area contributed by atoms with Gasteiger partial charge in [-0.3, -0.25) is 0 Å². The van der Waals surface area contributed by atoms with E-state index < -0.39 is 15.7 Å². The highest BCUT2D eigenvalue weighted by Gasteiger charge is 2.23. The Labute approximate surface area is 139 Å². The minimum absolute atomic E-state index is 0. The first-order valence-corrected chi connectivity index (χ1v) is 8.17. The van der Waals surface area contributed by atoms with Gasteiger partial charge < -0.3 is 10.3 Å². The van der Waals surface area contributed by atoms with Gasteiger partial charge in [0.25, 0.3) is 0 Å². The van der Waals surface area contributed by atoms with E-state index in [0.29, 0.717) is 24.1 Å². The monoisotopic (exact) mass is 355 g/mol. The van der Waals surface area contributed by atoms with Crippen molar-refractivity contribution in [1.82, 2.24) is 9.55 Å². The molecule has 0 aliphatic heterocycles. The van der Waals surface area contributed by atoms with Crippen LogP contribution in [-0.4, -0.2) is 24.5 Å². The number of hydrogen-bond donors (Lipinski definition) is 1. The first kappa shape index (κ1) is 17.4. The van der Waals surface area contributed by atoms with Gasteiger partial charge in [0.2, 0.25) is 9.84 Å². The average molecular weight is 356 g/mol. The second-order valence-electron chi connectivity index (χ2n) is 4.81. The minimum atomic E-state index is -3.75. The first-order valence-electron chi connectivity index (χ1n) is 6.68. The molecule has 0 aliphatic rings. The van der Waals surface area contributed by atoms with Crippen LogP contribution < -0.4 is 5.73 Å². The van der Waals surface area contributed by atoms with E-state index in [0.717, 1.165) is 12.1 Å². The fraction of sp³-hybridized carbons (Fsp3) is 0.133. The number of benzene rings is 1. The van der Waals surface area contributed by atoms with Crippen molar-refractivity contribution >= 4 is 33.3 Å². The lowest BCUT2D eigenvalue weighted by atomic mass is 10.3. The van der Waals surface area contributed by atoms with Gasteiger partial charge in [-0.15, -0.1) is 12.4 Å². The smallest absolute Gasteiger partial charge is 0.208 e. The lowest BCUT2D eigenvalue weighted by Gasteiger charge is -2.02. The van der Waals surface area contributed by atoms with E-state index in [-0.39, 0.29) is 22.2 Å². The van der Waals surface area contributed by atoms with Crippen molar-refractivity contribution in [3.05, 3.63) is 54.6 Å². The second kappa shape index (κ2) is 6.66. The van der Waals surface area contributed by atoms with Crippen LogP contribution in [0.4, 0.5) is 4.39 Å². The average Bonchev–Trinajstić information content (AvgIpc) is 2.88. The molecule has 0 spiro atoms. The van der Waals surface area contributed by atoms with Crippen molar-refractivity contribution in [3.8, 4) is 0 Å². The van der Waals surface area contributed by atoms with Crippen LogP contribution in [0.2, 0.25) is 0 Å². The van der Waals surface area contributed by atoms with Gasteiger partial charge in [0.1, 0.15) is 11.5 Å². The van der Waals surface area contributed by atoms with Crippen LogP contribution in [-0.2, 0) is 16.4 Å². The number of fused-ring (bicyclic) bond motifs is 1. The van der Waals surface area contributed by atoms with Gasteiger partial charge in [-0.25, -0.2) is 17.8 Å². The predicted octanol–water partition coefficient (Wildman–Crippen LogP) is 2.39. The quantitative estimate of drug-likeness (QED) is 0.729. The third kappa shape index (κ3) is 3.08. The molecule has 3 rings (SSSR count). The van der Waals surface area contributed by atoms with Crippen LogP contribution in [0.25, 0.3) is 11.0 Å². The lowest BCUT2D eigenvalue weighted by molar-refractivity contribution is 0.594. The molecule has 0 fully saturated rings. The summed E-state index contributed by atoms with van der Waals surface area (Å²) in [6.45, 7) is 0.836. The zero-order valence-electron chi connectivity index (χ0n) is 12.0. The third-order valence-electron chi connectivity index (χ3n) is 3.38. The minimum Gasteiger partial charge on any atom is -0.330 e. The van der Waals surface area contributed by atoms with Crippen molar-refractivity contribution < 1.29 is 12.8 Å². The normalized spacial score (nSPS) is 11.4. The van der Waals surface area contributed by atoms with E-state index in [1.807, 2.05) is 0 Å². The van der Waals surface area contributed by atoms with Gasteiger partial charge in [0, 0.05) is 30.9 Å². The van der Waals surface area contributed by atoms with Crippen LogP contribution >= 0.6 is 12.4 Å². The molecule has 5 nitrogen and oxygen atoms in total. The molecule has 1 aromatic carbocycles. The predicted molar refractivity (Wildman–Crippen MR) is 87.9 cm³/mol. The second-order valence-corrected chi connectivity index (χ2v) is 6.73. The molecular weight excluding hydrogens is 341 g/mol. The highest BCUT2D eigenvalue weighted by Crippen LogP contribution is 2.29. The molecule has 2 heterocycles. The van der Waals surface area contributed by atoms with E-state index in [2.05, 4.69) is 4.98 Å². The Morgan fingerprint density at radius 2 is 1.87 bits per heavy atom. The maximum absolute atomic E-state index is 13.0. The number of halogens is 2. The summed E-state index contributed by atoms with van der Waals surface area (Å²) in [6, 6.07) is 8.15. The largest absolute Gasteiger partial charge is 0.330 e. The standard InChI is InChI=1S/C15H14FN3O2S.ClH/c16-11-3-5-12(6-4-11)22(20,21)14-10-19(9-7-17)15-13(14)2-1-8-18-15;/h1-6,8,10H,7,9,17H2;1H. The van der Waals surface area contributed by atoms with E-state index in [1.54, 1.807) is 22.9 Å². The molecule has 0 radical (unpaired) electrons. The molecule has 0 aliphatic carbocycles. The number of hydrogen-bond acceptors (Lipinski definition) is 4. The van der Waals surface area contributed by atoms with Gasteiger partial charge in [-0.1, -0.05) is 0 Å². The van der Waals surface area contributed by atoms with E-state index in [1.165, 1.54) is 18.3 Å². The molecule has 3 aromatic rings. The van der Waals surface area contributed by atoms with Crippen LogP contribution in [0.1, 0.15) is 0 Å². The molecule has 23 heavy (non-hydrogen) atoms. The molecular formula is C15H15ClFN3O2S. The Morgan fingerprint density at radius 3 is 2.52 bits per heavy atom. The summed E-state index contributed by atoms with van der Waals surface area (Å²) in [4.78, 5) is 4.42. The number of rotatable bonds is 4. The molecule has 2 aromatic heterocycles. The molecule has 0 amide bonds. The zero-order valence-corrected chi connectivity index (χ0v) is 13.6. The van der Waals surface area contributed by atoms with Gasteiger partial charge in [0.05, 0.1) is 9.79 Å². The maximum atomic E-state index is 13.0. The molecule has 0 saturated heterocycles. The molecule has 8 heteroatoms. The van der Waals surface area contributed by atoms with Gasteiger partial charge >= 0.3 is 0 Å². The maximum Gasteiger partial charge on any atom is 0.208 e. The Morgan fingerprint density at radius 1 is 1.17 bits per heavy atom. The van der Waals surface area contributed by atoms with Gasteiger partial charge in [0.15, 0.2) is 0 Å². The molecule has 122 valence electrons. The van der Waals surface area contributed by atoms with Crippen molar-refractivity contribution in [2.24, 2.45) is 5.73 Å². The van der Waals surface area contributed by atoms with Crippen LogP contribution in [0.3, 0.4) is 0 Å². The van der Waals surface area contributed by atoms with Gasteiger partial charge in [-0.2, -0.15) is 0 Å². The van der Waals surface area contributed by atoms with E-state index in [9.17, 15) is 12.8 Å². The summed E-state index contributed by atoms with van der Waals surface area (Å²) in [5.74, 6) is -0.480. The number of aromatic nitrogens is 2. The lowest BCUT2D eigenvalue weighted by Crippen LogP contribution is -2.09. The highest BCUT2D eigenvalue weighted by atomic mass is 35.5. The summed E-state index contributed by atoms with van der Waals surface area (Å²) in [7, 11) is -3.75. The Kier molecular flexibility index (Phi) is 5.03. The topological polar surface area (TPSA) is 78.0 Å². The SMILES string of the molecule is Cl.NCCn1cc(S(=O)(=O)c2ccc(F)cc2)c2cccnc21. The number of nitrogens with zero attached hydrogens (tertiary/aromatic N) is 2. The van der Waals surface area contributed by atoms with Crippen molar-refractivity contribution in [2.45, 2.75) is 16.3 Å². The summed E-state index contributed by atoms with van der Waals surface area (Å²) in [5, 5.41) is 0.528. The van der Waals surface area contributed by atoms with Crippen molar-refractivity contribution in [3.63, 3.8) is 0 Å². The number of sulfone groups is 1. The highest BCUT2D eigenvalue weighted by molar-refractivity contribution is 7.91. The van der Waals surface area contributed by atoms with E-state index in [4.69, 9.17) is 5.73 Å². The molecule has 0 unspecified atom stereocenters. The molecule has 0 bridgehead atoms. The Hall–Kier alpha value is -1.96. The van der Waals surface area contributed by atoms with Crippen molar-refractivity contribution in [2.75, 3.05) is 6.54 Å². The molecule has 0 atom stereocenters. The van der Waals surface area contributed by atoms with Crippen LogP contribution in [0.15, 0.2) is 58.6 Å². The summed E-state index contributed by atoms with van der Waals surface area (Å²) >= 11 is 0. The Bertz CT molecular complexity index is 924.